The monoisotopic (exact) mass is 249 g/mol. The van der Waals surface area contributed by atoms with Crippen LogP contribution >= 0.6 is 0 Å². The van der Waals surface area contributed by atoms with Crippen LogP contribution in [0.2, 0.25) is 0 Å². The van der Waals surface area contributed by atoms with Gasteiger partial charge < -0.3 is 10.8 Å². The summed E-state index contributed by atoms with van der Waals surface area (Å²) in [5, 5.41) is 8.66. The molecule has 0 unspecified atom stereocenters. The van der Waals surface area contributed by atoms with E-state index < -0.39 is 23.2 Å². The van der Waals surface area contributed by atoms with Gasteiger partial charge in [0.2, 0.25) is 0 Å². The molecule has 3 nitrogen and oxygen atoms in total. The van der Waals surface area contributed by atoms with Crippen molar-refractivity contribution in [3.8, 4) is 11.1 Å². The molecule has 0 heterocycles. The second-order valence-corrected chi connectivity index (χ2v) is 3.72. The van der Waals surface area contributed by atoms with E-state index in [1.807, 2.05) is 0 Å². The standard InChI is InChI=1S/C13H9F2NO2/c14-11-9(7-1-3-8(16)4-2-7)5-6-10(12(11)15)13(17)18/h1-6H,16H2,(H,17,18). The van der Waals surface area contributed by atoms with E-state index in [0.29, 0.717) is 11.3 Å². The molecule has 3 N–H and O–H groups in total. The molecule has 0 spiro atoms. The number of rotatable bonds is 2. The van der Waals surface area contributed by atoms with Gasteiger partial charge in [0.25, 0.3) is 0 Å². The number of carbonyl (C=O) groups is 1. The van der Waals surface area contributed by atoms with Crippen LogP contribution in [0.5, 0.6) is 0 Å². The molecule has 0 saturated heterocycles. The second-order valence-electron chi connectivity index (χ2n) is 3.72. The number of carboxylic acid groups (broad SMARTS) is 1. The zero-order valence-electron chi connectivity index (χ0n) is 9.15. The minimum absolute atomic E-state index is 0.00231. The van der Waals surface area contributed by atoms with Gasteiger partial charge in [-0.15, -0.1) is 0 Å². The van der Waals surface area contributed by atoms with Gasteiger partial charge in [-0.25, -0.2) is 13.6 Å². The SMILES string of the molecule is Nc1ccc(-c2ccc(C(=O)O)c(F)c2F)cc1. The summed E-state index contributed by atoms with van der Waals surface area (Å²) in [6.45, 7) is 0. The molecule has 0 saturated carbocycles. The molecule has 2 rings (SSSR count). The lowest BCUT2D eigenvalue weighted by molar-refractivity contribution is 0.0690. The Bertz CT molecular complexity index is 609. The van der Waals surface area contributed by atoms with Gasteiger partial charge in [0, 0.05) is 11.3 Å². The van der Waals surface area contributed by atoms with Crippen LogP contribution in [-0.4, -0.2) is 11.1 Å². The van der Waals surface area contributed by atoms with E-state index >= 15 is 0 Å². The summed E-state index contributed by atoms with van der Waals surface area (Å²) in [5.74, 6) is -4.05. The van der Waals surface area contributed by atoms with Gasteiger partial charge in [-0.3, -0.25) is 0 Å². The highest BCUT2D eigenvalue weighted by Gasteiger charge is 2.18. The summed E-state index contributed by atoms with van der Waals surface area (Å²) < 4.78 is 27.2. The molecule has 0 fully saturated rings. The van der Waals surface area contributed by atoms with Crippen molar-refractivity contribution in [1.82, 2.24) is 0 Å². The van der Waals surface area contributed by atoms with Crippen LogP contribution < -0.4 is 5.73 Å². The zero-order chi connectivity index (χ0) is 13.3. The van der Waals surface area contributed by atoms with Gasteiger partial charge >= 0.3 is 5.97 Å². The van der Waals surface area contributed by atoms with E-state index in [-0.39, 0.29) is 5.56 Å². The average molecular weight is 249 g/mol. The quantitative estimate of drug-likeness (QED) is 0.804. The van der Waals surface area contributed by atoms with Gasteiger partial charge in [-0.1, -0.05) is 18.2 Å². The van der Waals surface area contributed by atoms with E-state index in [0.717, 1.165) is 6.07 Å². The summed E-state index contributed by atoms with van der Waals surface area (Å²) in [5.41, 5.74) is 5.73. The molecule has 0 aliphatic carbocycles. The summed E-state index contributed by atoms with van der Waals surface area (Å²) >= 11 is 0. The van der Waals surface area contributed by atoms with Crippen LogP contribution in [0.25, 0.3) is 11.1 Å². The Morgan fingerprint density at radius 2 is 1.61 bits per heavy atom. The number of anilines is 1. The molecule has 0 aromatic heterocycles. The lowest BCUT2D eigenvalue weighted by Crippen LogP contribution is -2.03. The minimum Gasteiger partial charge on any atom is -0.478 e. The molecule has 0 radical (unpaired) electrons. The Labute approximate surface area is 101 Å². The third kappa shape index (κ3) is 2.02. The zero-order valence-corrected chi connectivity index (χ0v) is 9.15. The van der Waals surface area contributed by atoms with E-state index in [4.69, 9.17) is 10.8 Å². The van der Waals surface area contributed by atoms with Crippen LogP contribution in [-0.2, 0) is 0 Å². The Morgan fingerprint density at radius 3 is 2.17 bits per heavy atom. The maximum atomic E-state index is 13.7. The molecule has 0 bridgehead atoms. The van der Waals surface area contributed by atoms with Crippen molar-refractivity contribution in [3.63, 3.8) is 0 Å². The highest BCUT2D eigenvalue weighted by Crippen LogP contribution is 2.27. The average Bonchev–Trinajstić information content (AvgIpc) is 2.33. The smallest absolute Gasteiger partial charge is 0.338 e. The Morgan fingerprint density at radius 1 is 1.00 bits per heavy atom. The Hall–Kier alpha value is -2.43. The first-order chi connectivity index (χ1) is 8.50. The maximum Gasteiger partial charge on any atom is 0.338 e. The Balaban J connectivity index is 2.57. The van der Waals surface area contributed by atoms with Gasteiger partial charge in [0.15, 0.2) is 11.6 Å². The Kier molecular flexibility index (Phi) is 2.97. The largest absolute Gasteiger partial charge is 0.478 e. The topological polar surface area (TPSA) is 63.3 Å². The van der Waals surface area contributed by atoms with E-state index in [9.17, 15) is 13.6 Å². The van der Waals surface area contributed by atoms with Crippen molar-refractivity contribution in [3.05, 3.63) is 53.6 Å². The van der Waals surface area contributed by atoms with Crippen molar-refractivity contribution < 1.29 is 18.7 Å². The van der Waals surface area contributed by atoms with Crippen LogP contribution in [0.15, 0.2) is 36.4 Å². The number of nitrogens with two attached hydrogens (primary N) is 1. The third-order valence-corrected chi connectivity index (χ3v) is 2.53. The summed E-state index contributed by atoms with van der Waals surface area (Å²) in [6.07, 6.45) is 0. The van der Waals surface area contributed by atoms with Gasteiger partial charge in [0.05, 0.1) is 5.56 Å². The first-order valence-electron chi connectivity index (χ1n) is 5.08. The molecule has 0 aliphatic rings. The molecule has 0 aliphatic heterocycles. The first-order valence-corrected chi connectivity index (χ1v) is 5.08. The highest BCUT2D eigenvalue weighted by atomic mass is 19.2. The number of hydrogen-bond acceptors (Lipinski definition) is 2. The molecule has 0 amide bonds. The van der Waals surface area contributed by atoms with Crippen molar-refractivity contribution in [2.24, 2.45) is 0 Å². The van der Waals surface area contributed by atoms with Crippen LogP contribution in [0.3, 0.4) is 0 Å². The van der Waals surface area contributed by atoms with Gasteiger partial charge in [0.1, 0.15) is 0 Å². The summed E-state index contributed by atoms with van der Waals surface area (Å²) in [7, 11) is 0. The lowest BCUT2D eigenvalue weighted by atomic mass is 10.0. The number of aromatic carboxylic acids is 1. The predicted octanol–water partition coefficient (Wildman–Crippen LogP) is 2.91. The second kappa shape index (κ2) is 4.44. The third-order valence-electron chi connectivity index (χ3n) is 2.53. The summed E-state index contributed by atoms with van der Waals surface area (Å²) in [6, 6.07) is 8.44. The molecule has 5 heteroatoms. The van der Waals surface area contributed by atoms with Crippen molar-refractivity contribution in [2.75, 3.05) is 5.73 Å². The molecule has 18 heavy (non-hydrogen) atoms. The van der Waals surface area contributed by atoms with Crippen LogP contribution in [0.1, 0.15) is 10.4 Å². The van der Waals surface area contributed by atoms with E-state index in [1.165, 1.54) is 18.2 Å². The maximum absolute atomic E-state index is 13.7. The number of carboxylic acids is 1. The molecule has 2 aromatic rings. The van der Waals surface area contributed by atoms with E-state index in [1.54, 1.807) is 12.1 Å². The molecule has 2 aromatic carbocycles. The van der Waals surface area contributed by atoms with Crippen molar-refractivity contribution in [1.29, 1.82) is 0 Å². The highest BCUT2D eigenvalue weighted by molar-refractivity contribution is 5.88. The van der Waals surface area contributed by atoms with Crippen LogP contribution in [0.4, 0.5) is 14.5 Å². The minimum atomic E-state index is -1.50. The first kappa shape index (κ1) is 12.0. The van der Waals surface area contributed by atoms with Gasteiger partial charge in [-0.05, 0) is 23.8 Å². The lowest BCUT2D eigenvalue weighted by Gasteiger charge is -2.06. The van der Waals surface area contributed by atoms with Gasteiger partial charge in [-0.2, -0.15) is 0 Å². The number of hydrogen-bond donors (Lipinski definition) is 2. The predicted molar refractivity (Wildman–Crippen MR) is 63.2 cm³/mol. The molecule has 92 valence electrons. The van der Waals surface area contributed by atoms with E-state index in [2.05, 4.69) is 0 Å². The fourth-order valence-corrected chi connectivity index (χ4v) is 1.60. The van der Waals surface area contributed by atoms with Crippen molar-refractivity contribution >= 4 is 11.7 Å². The number of halogens is 2. The van der Waals surface area contributed by atoms with Crippen LogP contribution in [0, 0.1) is 11.6 Å². The molecule has 0 atom stereocenters. The molecular formula is C13H9F2NO2. The van der Waals surface area contributed by atoms with Crippen molar-refractivity contribution in [2.45, 2.75) is 0 Å². The normalized spacial score (nSPS) is 10.3. The molecular weight excluding hydrogens is 240 g/mol. The fraction of sp³-hybridized carbons (Fsp3) is 0. The summed E-state index contributed by atoms with van der Waals surface area (Å²) in [4.78, 5) is 10.6. The fourth-order valence-electron chi connectivity index (χ4n) is 1.60. The number of benzene rings is 2. The number of nitrogen functional groups attached to an aromatic ring is 1.